The molecule has 0 fully saturated rings. The maximum Gasteiger partial charge on any atom is 0.235 e. The lowest BCUT2D eigenvalue weighted by molar-refractivity contribution is -0.122. The standard InChI is InChI=1S/C13H18N4O/c1-2-17(10-13(18)16-7-6-14)9-11-4-3-5-12(15)8-11/h3-5,8H,2,7,9-10,15H2,1H3,(H,16,18). The fourth-order valence-electron chi connectivity index (χ4n) is 1.63. The van der Waals surface area contributed by atoms with Gasteiger partial charge in [0.05, 0.1) is 12.6 Å². The van der Waals surface area contributed by atoms with E-state index in [-0.39, 0.29) is 19.0 Å². The number of benzene rings is 1. The number of hydrogen-bond donors (Lipinski definition) is 2. The Labute approximate surface area is 107 Å². The molecule has 0 aliphatic carbocycles. The molecule has 0 saturated carbocycles. The zero-order valence-electron chi connectivity index (χ0n) is 10.5. The molecule has 5 nitrogen and oxygen atoms in total. The van der Waals surface area contributed by atoms with Crippen LogP contribution in [0.15, 0.2) is 24.3 Å². The summed E-state index contributed by atoms with van der Waals surface area (Å²) in [4.78, 5) is 13.5. The Balaban J connectivity index is 2.52. The van der Waals surface area contributed by atoms with Crippen molar-refractivity contribution in [3.8, 4) is 6.07 Å². The van der Waals surface area contributed by atoms with E-state index in [0.29, 0.717) is 6.54 Å². The van der Waals surface area contributed by atoms with Gasteiger partial charge in [-0.15, -0.1) is 0 Å². The number of rotatable bonds is 6. The third-order valence-electron chi connectivity index (χ3n) is 2.54. The van der Waals surface area contributed by atoms with Crippen LogP contribution < -0.4 is 11.1 Å². The van der Waals surface area contributed by atoms with E-state index in [1.807, 2.05) is 42.2 Å². The van der Waals surface area contributed by atoms with Gasteiger partial charge < -0.3 is 11.1 Å². The monoisotopic (exact) mass is 246 g/mol. The third kappa shape index (κ3) is 4.85. The molecule has 1 aromatic rings. The molecule has 0 spiro atoms. The summed E-state index contributed by atoms with van der Waals surface area (Å²) in [5.41, 5.74) is 7.50. The lowest BCUT2D eigenvalue weighted by atomic mass is 10.2. The zero-order chi connectivity index (χ0) is 13.4. The highest BCUT2D eigenvalue weighted by atomic mass is 16.2. The summed E-state index contributed by atoms with van der Waals surface area (Å²) in [5, 5.41) is 10.9. The Hall–Kier alpha value is -2.06. The number of nitrogens with one attached hydrogen (secondary N) is 1. The topological polar surface area (TPSA) is 82.2 Å². The highest BCUT2D eigenvalue weighted by Crippen LogP contribution is 2.09. The predicted molar refractivity (Wildman–Crippen MR) is 70.4 cm³/mol. The molecule has 0 atom stereocenters. The van der Waals surface area contributed by atoms with Gasteiger partial charge in [0.1, 0.15) is 6.54 Å². The van der Waals surface area contributed by atoms with Gasteiger partial charge in [-0.05, 0) is 24.2 Å². The summed E-state index contributed by atoms with van der Waals surface area (Å²) in [6.07, 6.45) is 0. The Morgan fingerprint density at radius 3 is 2.94 bits per heavy atom. The number of amides is 1. The molecule has 0 bridgehead atoms. The normalized spacial score (nSPS) is 10.1. The van der Waals surface area contributed by atoms with E-state index < -0.39 is 0 Å². The van der Waals surface area contributed by atoms with Crippen molar-refractivity contribution in [3.63, 3.8) is 0 Å². The number of anilines is 1. The van der Waals surface area contributed by atoms with Gasteiger partial charge in [0.2, 0.25) is 5.91 Å². The molecule has 0 heterocycles. The summed E-state index contributed by atoms with van der Waals surface area (Å²) in [6, 6.07) is 9.49. The molecule has 3 N–H and O–H groups in total. The van der Waals surface area contributed by atoms with Crippen LogP contribution in [0.4, 0.5) is 5.69 Å². The van der Waals surface area contributed by atoms with Crippen LogP contribution in [-0.4, -0.2) is 30.4 Å². The highest BCUT2D eigenvalue weighted by Gasteiger charge is 2.09. The minimum atomic E-state index is -0.137. The van der Waals surface area contributed by atoms with Crippen LogP contribution in [-0.2, 0) is 11.3 Å². The van der Waals surface area contributed by atoms with Crippen molar-refractivity contribution in [2.45, 2.75) is 13.5 Å². The first-order valence-corrected chi connectivity index (χ1v) is 5.86. The van der Waals surface area contributed by atoms with Crippen LogP contribution in [0.1, 0.15) is 12.5 Å². The summed E-state index contributed by atoms with van der Waals surface area (Å²) in [6.45, 7) is 3.75. The number of nitrogen functional groups attached to an aromatic ring is 1. The molecule has 1 aromatic carbocycles. The van der Waals surface area contributed by atoms with Crippen molar-refractivity contribution in [2.75, 3.05) is 25.4 Å². The first kappa shape index (κ1) is 14.0. The molecule has 0 aliphatic heterocycles. The van der Waals surface area contributed by atoms with E-state index in [0.717, 1.165) is 17.8 Å². The van der Waals surface area contributed by atoms with Crippen molar-refractivity contribution < 1.29 is 4.79 Å². The molecule has 0 radical (unpaired) electrons. The van der Waals surface area contributed by atoms with E-state index in [4.69, 9.17) is 11.0 Å². The van der Waals surface area contributed by atoms with Gasteiger partial charge in [-0.25, -0.2) is 0 Å². The van der Waals surface area contributed by atoms with Crippen LogP contribution in [0, 0.1) is 11.3 Å². The number of carbonyl (C=O) groups excluding carboxylic acids is 1. The number of nitriles is 1. The summed E-state index contributed by atoms with van der Waals surface area (Å²) in [7, 11) is 0. The zero-order valence-corrected chi connectivity index (χ0v) is 10.5. The quantitative estimate of drug-likeness (QED) is 0.572. The van der Waals surface area contributed by atoms with Crippen LogP contribution in [0.2, 0.25) is 0 Å². The third-order valence-corrected chi connectivity index (χ3v) is 2.54. The second kappa shape index (κ2) is 7.30. The van der Waals surface area contributed by atoms with Gasteiger partial charge in [-0.2, -0.15) is 5.26 Å². The Morgan fingerprint density at radius 1 is 1.56 bits per heavy atom. The lowest BCUT2D eigenvalue weighted by Gasteiger charge is -2.19. The molecule has 96 valence electrons. The summed E-state index contributed by atoms with van der Waals surface area (Å²) < 4.78 is 0. The number of carbonyl (C=O) groups is 1. The van der Waals surface area contributed by atoms with Gasteiger partial charge in [-0.3, -0.25) is 9.69 Å². The van der Waals surface area contributed by atoms with E-state index >= 15 is 0 Å². The van der Waals surface area contributed by atoms with Crippen molar-refractivity contribution in [3.05, 3.63) is 29.8 Å². The van der Waals surface area contributed by atoms with Gasteiger partial charge in [0.15, 0.2) is 0 Å². The van der Waals surface area contributed by atoms with Gasteiger partial charge in [-0.1, -0.05) is 19.1 Å². The van der Waals surface area contributed by atoms with Gasteiger partial charge in [0, 0.05) is 12.2 Å². The second-order valence-corrected chi connectivity index (χ2v) is 3.98. The Morgan fingerprint density at radius 2 is 2.33 bits per heavy atom. The molecule has 5 heteroatoms. The van der Waals surface area contributed by atoms with Crippen LogP contribution in [0.25, 0.3) is 0 Å². The smallest absolute Gasteiger partial charge is 0.235 e. The van der Waals surface area contributed by atoms with E-state index in [2.05, 4.69) is 5.32 Å². The summed E-state index contributed by atoms with van der Waals surface area (Å²) in [5.74, 6) is -0.137. The first-order valence-electron chi connectivity index (χ1n) is 5.86. The first-order chi connectivity index (χ1) is 8.65. The molecule has 1 amide bonds. The van der Waals surface area contributed by atoms with Gasteiger partial charge in [0.25, 0.3) is 0 Å². The molecular weight excluding hydrogens is 228 g/mol. The molecule has 0 aromatic heterocycles. The summed E-state index contributed by atoms with van der Waals surface area (Å²) >= 11 is 0. The fourth-order valence-corrected chi connectivity index (χ4v) is 1.63. The minimum absolute atomic E-state index is 0.0503. The maximum atomic E-state index is 11.5. The average Bonchev–Trinajstić information content (AvgIpc) is 2.35. The van der Waals surface area contributed by atoms with E-state index in [1.54, 1.807) is 0 Å². The minimum Gasteiger partial charge on any atom is -0.399 e. The fraction of sp³-hybridized carbons (Fsp3) is 0.385. The second-order valence-electron chi connectivity index (χ2n) is 3.98. The largest absolute Gasteiger partial charge is 0.399 e. The number of nitrogens with two attached hydrogens (primary N) is 1. The van der Waals surface area contributed by atoms with Crippen molar-refractivity contribution in [2.24, 2.45) is 0 Å². The van der Waals surface area contributed by atoms with Crippen LogP contribution in [0.5, 0.6) is 0 Å². The average molecular weight is 246 g/mol. The highest BCUT2D eigenvalue weighted by molar-refractivity contribution is 5.78. The SMILES string of the molecule is CCN(CC(=O)NCC#N)Cc1cccc(N)c1. The maximum absolute atomic E-state index is 11.5. The van der Waals surface area contributed by atoms with Crippen molar-refractivity contribution in [1.29, 1.82) is 5.26 Å². The van der Waals surface area contributed by atoms with Crippen molar-refractivity contribution >= 4 is 11.6 Å². The van der Waals surface area contributed by atoms with Crippen LogP contribution in [0.3, 0.4) is 0 Å². The number of likely N-dealkylation sites (N-methyl/N-ethyl adjacent to an activating group) is 1. The van der Waals surface area contributed by atoms with E-state index in [9.17, 15) is 4.79 Å². The molecule has 0 aliphatic rings. The predicted octanol–water partition coefficient (Wildman–Crippen LogP) is 0.730. The molecular formula is C13H18N4O. The Kier molecular flexibility index (Phi) is 5.68. The van der Waals surface area contributed by atoms with Crippen molar-refractivity contribution in [1.82, 2.24) is 10.2 Å². The van der Waals surface area contributed by atoms with E-state index in [1.165, 1.54) is 0 Å². The Bertz CT molecular complexity index is 439. The number of nitrogens with zero attached hydrogens (tertiary/aromatic N) is 2. The number of hydrogen-bond acceptors (Lipinski definition) is 4. The molecule has 18 heavy (non-hydrogen) atoms. The molecule has 0 saturated heterocycles. The van der Waals surface area contributed by atoms with Crippen LogP contribution >= 0.6 is 0 Å². The molecule has 1 rings (SSSR count). The van der Waals surface area contributed by atoms with Gasteiger partial charge >= 0.3 is 0 Å². The lowest BCUT2D eigenvalue weighted by Crippen LogP contribution is -2.36. The molecule has 0 unspecified atom stereocenters.